The van der Waals surface area contributed by atoms with Crippen molar-refractivity contribution in [1.82, 2.24) is 14.7 Å². The number of aromatic nitrogens is 2. The number of thiophene rings is 1. The Labute approximate surface area is 110 Å². The van der Waals surface area contributed by atoms with Gasteiger partial charge in [-0.25, -0.2) is 0 Å². The van der Waals surface area contributed by atoms with E-state index >= 15 is 0 Å². The zero-order valence-corrected chi connectivity index (χ0v) is 11.2. The van der Waals surface area contributed by atoms with Crippen molar-refractivity contribution >= 4 is 23.3 Å². The summed E-state index contributed by atoms with van der Waals surface area (Å²) < 4.78 is 1.73. The molecule has 2 rings (SSSR count). The Morgan fingerprint density at radius 3 is 3.06 bits per heavy atom. The number of rotatable bonds is 4. The molecule has 0 aliphatic carbocycles. The molecule has 0 saturated carbocycles. The van der Waals surface area contributed by atoms with E-state index in [0.29, 0.717) is 6.54 Å². The minimum Gasteiger partial charge on any atom is -0.338 e. The summed E-state index contributed by atoms with van der Waals surface area (Å²) in [6.45, 7) is 0.571. The molecule has 4 nitrogen and oxygen atoms in total. The van der Waals surface area contributed by atoms with E-state index in [2.05, 4.69) is 5.10 Å². The summed E-state index contributed by atoms with van der Waals surface area (Å²) >= 11 is 1.61. The minimum absolute atomic E-state index is 0.00717. The van der Waals surface area contributed by atoms with E-state index in [0.717, 1.165) is 10.4 Å². The van der Waals surface area contributed by atoms with Crippen molar-refractivity contribution in [2.24, 2.45) is 7.05 Å². The van der Waals surface area contributed by atoms with Crippen LogP contribution in [-0.2, 0) is 18.4 Å². The lowest BCUT2D eigenvalue weighted by molar-refractivity contribution is -0.125. The van der Waals surface area contributed by atoms with Gasteiger partial charge in [-0.3, -0.25) is 9.48 Å². The van der Waals surface area contributed by atoms with Gasteiger partial charge in [-0.2, -0.15) is 5.10 Å². The van der Waals surface area contributed by atoms with Gasteiger partial charge in [0, 0.05) is 43.4 Å². The molecule has 0 spiro atoms. The summed E-state index contributed by atoms with van der Waals surface area (Å²) in [6.07, 6.45) is 7.12. The van der Waals surface area contributed by atoms with Gasteiger partial charge in [0.05, 0.1) is 6.20 Å². The lowest BCUT2D eigenvalue weighted by Gasteiger charge is -2.13. The molecule has 0 aromatic carbocycles. The van der Waals surface area contributed by atoms with E-state index in [1.807, 2.05) is 36.8 Å². The van der Waals surface area contributed by atoms with Crippen LogP contribution in [0.4, 0.5) is 0 Å². The second-order valence-corrected chi connectivity index (χ2v) is 5.04. The van der Waals surface area contributed by atoms with Crippen molar-refractivity contribution in [2.75, 3.05) is 7.05 Å². The van der Waals surface area contributed by atoms with Crippen LogP contribution >= 0.6 is 11.3 Å². The average Bonchev–Trinajstić information content (AvgIpc) is 2.97. The molecule has 0 unspecified atom stereocenters. The maximum atomic E-state index is 11.9. The largest absolute Gasteiger partial charge is 0.338 e. The van der Waals surface area contributed by atoms with Crippen molar-refractivity contribution in [1.29, 1.82) is 0 Å². The Balaban J connectivity index is 1.92. The molecule has 0 aliphatic heterocycles. The number of amides is 1. The van der Waals surface area contributed by atoms with Gasteiger partial charge in [-0.1, -0.05) is 6.07 Å². The smallest absolute Gasteiger partial charge is 0.246 e. The summed E-state index contributed by atoms with van der Waals surface area (Å²) in [6, 6.07) is 3.95. The maximum absolute atomic E-state index is 11.9. The van der Waals surface area contributed by atoms with Crippen LogP contribution in [0.3, 0.4) is 0 Å². The van der Waals surface area contributed by atoms with E-state index in [9.17, 15) is 4.79 Å². The van der Waals surface area contributed by atoms with E-state index in [1.165, 1.54) is 0 Å². The van der Waals surface area contributed by atoms with Gasteiger partial charge < -0.3 is 4.90 Å². The first-order chi connectivity index (χ1) is 8.65. The number of carbonyl (C=O) groups is 1. The summed E-state index contributed by atoms with van der Waals surface area (Å²) in [5, 5.41) is 6.07. The second-order valence-electron chi connectivity index (χ2n) is 4.07. The number of nitrogens with zero attached hydrogens (tertiary/aromatic N) is 3. The van der Waals surface area contributed by atoms with Gasteiger partial charge >= 0.3 is 0 Å². The third-order valence-electron chi connectivity index (χ3n) is 2.49. The lowest BCUT2D eigenvalue weighted by Crippen LogP contribution is -2.23. The van der Waals surface area contributed by atoms with Crippen LogP contribution in [-0.4, -0.2) is 27.6 Å². The van der Waals surface area contributed by atoms with Gasteiger partial charge in [-0.05, 0) is 17.5 Å². The molecule has 0 atom stereocenters. The Morgan fingerprint density at radius 2 is 2.44 bits per heavy atom. The molecule has 94 valence electrons. The monoisotopic (exact) mass is 261 g/mol. The summed E-state index contributed by atoms with van der Waals surface area (Å²) in [4.78, 5) is 14.6. The zero-order valence-electron chi connectivity index (χ0n) is 10.4. The summed E-state index contributed by atoms with van der Waals surface area (Å²) in [5.74, 6) is -0.00717. The van der Waals surface area contributed by atoms with Crippen LogP contribution in [0.15, 0.2) is 36.0 Å². The molecule has 5 heteroatoms. The third kappa shape index (κ3) is 3.30. The van der Waals surface area contributed by atoms with Crippen molar-refractivity contribution < 1.29 is 4.79 Å². The molecule has 2 aromatic rings. The standard InChI is InChI=1S/C13H15N3OS/c1-15(9-11-8-14-16(2)10-11)13(17)6-5-12-4-3-7-18-12/h3-8,10H,9H2,1-2H3. The predicted octanol–water partition coefficient (Wildman–Crippen LogP) is 2.15. The van der Waals surface area contributed by atoms with Gasteiger partial charge in [0.25, 0.3) is 0 Å². The predicted molar refractivity (Wildman–Crippen MR) is 73.0 cm³/mol. The van der Waals surface area contributed by atoms with E-state index in [4.69, 9.17) is 0 Å². The van der Waals surface area contributed by atoms with Crippen molar-refractivity contribution in [3.05, 3.63) is 46.4 Å². The van der Waals surface area contributed by atoms with Crippen molar-refractivity contribution in [2.45, 2.75) is 6.54 Å². The molecule has 0 saturated heterocycles. The summed E-state index contributed by atoms with van der Waals surface area (Å²) in [5.41, 5.74) is 1.03. The molecular weight excluding hydrogens is 246 g/mol. The molecule has 0 fully saturated rings. The highest BCUT2D eigenvalue weighted by molar-refractivity contribution is 7.10. The molecular formula is C13H15N3OS. The van der Waals surface area contributed by atoms with Crippen LogP contribution in [0.2, 0.25) is 0 Å². The van der Waals surface area contributed by atoms with Crippen LogP contribution in [0, 0.1) is 0 Å². The van der Waals surface area contributed by atoms with Crippen LogP contribution in [0.1, 0.15) is 10.4 Å². The maximum Gasteiger partial charge on any atom is 0.246 e. The Morgan fingerprint density at radius 1 is 1.61 bits per heavy atom. The molecule has 0 N–H and O–H groups in total. The Hall–Kier alpha value is -1.88. The SMILES string of the molecule is CN(Cc1cnn(C)c1)C(=O)C=Cc1cccs1. The molecule has 2 heterocycles. The van der Waals surface area contributed by atoms with Crippen molar-refractivity contribution in [3.8, 4) is 0 Å². The topological polar surface area (TPSA) is 38.1 Å². The fourth-order valence-electron chi connectivity index (χ4n) is 1.57. The zero-order chi connectivity index (χ0) is 13.0. The molecule has 0 aliphatic rings. The quantitative estimate of drug-likeness (QED) is 0.791. The number of hydrogen-bond donors (Lipinski definition) is 0. The lowest BCUT2D eigenvalue weighted by atomic mass is 10.3. The molecule has 1 amide bonds. The van der Waals surface area contributed by atoms with Gasteiger partial charge in [0.15, 0.2) is 0 Å². The first-order valence-corrected chi connectivity index (χ1v) is 6.47. The highest BCUT2D eigenvalue weighted by atomic mass is 32.1. The second kappa shape index (κ2) is 5.64. The van der Waals surface area contributed by atoms with E-state index in [1.54, 1.807) is 40.2 Å². The van der Waals surface area contributed by atoms with E-state index in [-0.39, 0.29) is 5.91 Å². The highest BCUT2D eigenvalue weighted by Gasteiger charge is 2.06. The minimum atomic E-state index is -0.00717. The molecule has 0 bridgehead atoms. The van der Waals surface area contributed by atoms with Crippen molar-refractivity contribution in [3.63, 3.8) is 0 Å². The van der Waals surface area contributed by atoms with Crippen LogP contribution < -0.4 is 0 Å². The Bertz CT molecular complexity index is 542. The fourth-order valence-corrected chi connectivity index (χ4v) is 2.19. The van der Waals surface area contributed by atoms with E-state index < -0.39 is 0 Å². The number of carbonyl (C=O) groups excluding carboxylic acids is 1. The molecule has 2 aromatic heterocycles. The van der Waals surface area contributed by atoms with Crippen LogP contribution in [0.25, 0.3) is 6.08 Å². The van der Waals surface area contributed by atoms with Gasteiger partial charge in [0.2, 0.25) is 5.91 Å². The number of hydrogen-bond acceptors (Lipinski definition) is 3. The fraction of sp³-hybridized carbons (Fsp3) is 0.231. The van der Waals surface area contributed by atoms with Gasteiger partial charge in [-0.15, -0.1) is 11.3 Å². The third-order valence-corrected chi connectivity index (χ3v) is 3.33. The summed E-state index contributed by atoms with van der Waals surface area (Å²) in [7, 11) is 3.65. The number of aryl methyl sites for hydroxylation is 1. The molecule has 18 heavy (non-hydrogen) atoms. The average molecular weight is 261 g/mol. The number of likely N-dealkylation sites (N-methyl/N-ethyl adjacent to an activating group) is 1. The Kier molecular flexibility index (Phi) is 3.94. The highest BCUT2D eigenvalue weighted by Crippen LogP contribution is 2.10. The normalized spacial score (nSPS) is 11.0. The first-order valence-electron chi connectivity index (χ1n) is 5.59. The van der Waals surface area contributed by atoms with Gasteiger partial charge in [0.1, 0.15) is 0 Å². The van der Waals surface area contributed by atoms with Crippen LogP contribution in [0.5, 0.6) is 0 Å². The molecule has 0 radical (unpaired) electrons. The first kappa shape index (κ1) is 12.6.